The average molecular weight is 349 g/mol. The van der Waals surface area contributed by atoms with Gasteiger partial charge in [-0.05, 0) is 18.9 Å². The number of hydrogen-bond donors (Lipinski definition) is 2. The Labute approximate surface area is 148 Å². The molecule has 1 atom stereocenters. The fraction of sp³-hybridized carbons (Fsp3) is 0.556. The SMILES string of the molecule is CCOC(=O)N1CCN(C(CCO)C(=O)NCc2ccccc2)CC1. The molecule has 1 aliphatic heterocycles. The first-order valence-electron chi connectivity index (χ1n) is 8.74. The molecule has 1 aromatic rings. The van der Waals surface area contributed by atoms with Gasteiger partial charge < -0.3 is 20.1 Å². The number of amides is 2. The van der Waals surface area contributed by atoms with E-state index in [0.29, 0.717) is 45.8 Å². The summed E-state index contributed by atoms with van der Waals surface area (Å²) in [5.41, 5.74) is 1.03. The quantitative estimate of drug-likeness (QED) is 0.762. The van der Waals surface area contributed by atoms with Crippen LogP contribution in [0.15, 0.2) is 30.3 Å². The van der Waals surface area contributed by atoms with Crippen LogP contribution in [0.3, 0.4) is 0 Å². The van der Waals surface area contributed by atoms with Crippen LogP contribution in [0.5, 0.6) is 0 Å². The van der Waals surface area contributed by atoms with Gasteiger partial charge in [0.25, 0.3) is 0 Å². The van der Waals surface area contributed by atoms with Crippen molar-refractivity contribution in [2.24, 2.45) is 0 Å². The fourth-order valence-corrected chi connectivity index (χ4v) is 2.94. The number of nitrogens with one attached hydrogen (secondary N) is 1. The van der Waals surface area contributed by atoms with Gasteiger partial charge in [-0.1, -0.05) is 30.3 Å². The van der Waals surface area contributed by atoms with Crippen molar-refractivity contribution >= 4 is 12.0 Å². The Kier molecular flexibility index (Phi) is 7.69. The predicted octanol–water partition coefficient (Wildman–Crippen LogP) is 0.828. The molecule has 1 saturated heterocycles. The molecule has 2 rings (SSSR count). The lowest BCUT2D eigenvalue weighted by molar-refractivity contribution is -0.127. The van der Waals surface area contributed by atoms with Gasteiger partial charge in [0, 0.05) is 39.3 Å². The Morgan fingerprint density at radius 2 is 1.88 bits per heavy atom. The van der Waals surface area contributed by atoms with E-state index in [1.54, 1.807) is 11.8 Å². The molecule has 0 aromatic heterocycles. The van der Waals surface area contributed by atoms with Crippen molar-refractivity contribution in [3.05, 3.63) is 35.9 Å². The normalized spacial score (nSPS) is 16.3. The van der Waals surface area contributed by atoms with Crippen LogP contribution >= 0.6 is 0 Å². The first-order chi connectivity index (χ1) is 12.2. The number of piperazine rings is 1. The van der Waals surface area contributed by atoms with Gasteiger partial charge in [-0.3, -0.25) is 9.69 Å². The highest BCUT2D eigenvalue weighted by atomic mass is 16.6. The van der Waals surface area contributed by atoms with Gasteiger partial charge in [0.2, 0.25) is 5.91 Å². The third-order valence-electron chi connectivity index (χ3n) is 4.30. The Morgan fingerprint density at radius 3 is 2.48 bits per heavy atom. The predicted molar refractivity (Wildman–Crippen MR) is 93.9 cm³/mol. The molecule has 25 heavy (non-hydrogen) atoms. The monoisotopic (exact) mass is 349 g/mol. The van der Waals surface area contributed by atoms with Crippen molar-refractivity contribution in [2.45, 2.75) is 25.9 Å². The fourth-order valence-electron chi connectivity index (χ4n) is 2.94. The van der Waals surface area contributed by atoms with Crippen molar-refractivity contribution in [1.82, 2.24) is 15.1 Å². The largest absolute Gasteiger partial charge is 0.450 e. The minimum atomic E-state index is -0.391. The summed E-state index contributed by atoms with van der Waals surface area (Å²) in [6, 6.07) is 9.32. The van der Waals surface area contributed by atoms with Crippen LogP contribution in [0.1, 0.15) is 18.9 Å². The van der Waals surface area contributed by atoms with Gasteiger partial charge in [0.1, 0.15) is 0 Å². The van der Waals surface area contributed by atoms with Gasteiger partial charge in [0.05, 0.1) is 12.6 Å². The molecule has 7 heteroatoms. The lowest BCUT2D eigenvalue weighted by Gasteiger charge is -2.38. The standard InChI is InChI=1S/C18H27N3O4/c1-2-25-18(24)21-11-9-20(10-12-21)16(8-13-22)17(23)19-14-15-6-4-3-5-7-15/h3-7,16,22H,2,8-14H2,1H3,(H,19,23). The number of aliphatic hydroxyl groups excluding tert-OH is 1. The van der Waals surface area contributed by atoms with Crippen molar-refractivity contribution in [3.8, 4) is 0 Å². The highest BCUT2D eigenvalue weighted by Gasteiger charge is 2.30. The second kappa shape index (κ2) is 10.0. The second-order valence-electron chi connectivity index (χ2n) is 5.95. The number of rotatable bonds is 7. The summed E-state index contributed by atoms with van der Waals surface area (Å²) in [5, 5.41) is 12.3. The molecule has 0 spiro atoms. The van der Waals surface area contributed by atoms with Crippen LogP contribution in [-0.4, -0.2) is 72.3 Å². The Hall–Kier alpha value is -2.12. The minimum absolute atomic E-state index is 0.0541. The molecule has 1 heterocycles. The molecule has 2 N–H and O–H groups in total. The number of hydrogen-bond acceptors (Lipinski definition) is 5. The van der Waals surface area contributed by atoms with E-state index in [0.717, 1.165) is 5.56 Å². The van der Waals surface area contributed by atoms with E-state index < -0.39 is 6.04 Å². The van der Waals surface area contributed by atoms with Crippen molar-refractivity contribution in [3.63, 3.8) is 0 Å². The number of benzene rings is 1. The van der Waals surface area contributed by atoms with Gasteiger partial charge in [-0.25, -0.2) is 4.79 Å². The summed E-state index contributed by atoms with van der Waals surface area (Å²) in [6.07, 6.45) is 0.0643. The summed E-state index contributed by atoms with van der Waals surface area (Å²) in [4.78, 5) is 28.0. The van der Waals surface area contributed by atoms with Crippen LogP contribution in [0.4, 0.5) is 4.79 Å². The van der Waals surface area contributed by atoms with E-state index in [2.05, 4.69) is 5.32 Å². The first kappa shape index (κ1) is 19.2. The minimum Gasteiger partial charge on any atom is -0.450 e. The molecule has 138 valence electrons. The van der Waals surface area contributed by atoms with Crippen LogP contribution in [0.25, 0.3) is 0 Å². The van der Waals surface area contributed by atoms with Crippen LogP contribution < -0.4 is 5.32 Å². The highest BCUT2D eigenvalue weighted by Crippen LogP contribution is 2.11. The zero-order valence-corrected chi connectivity index (χ0v) is 14.7. The number of nitrogens with zero attached hydrogens (tertiary/aromatic N) is 2. The maximum absolute atomic E-state index is 12.6. The number of carbonyl (C=O) groups is 2. The molecule has 0 radical (unpaired) electrons. The average Bonchev–Trinajstić information content (AvgIpc) is 2.65. The van der Waals surface area contributed by atoms with Gasteiger partial charge in [-0.15, -0.1) is 0 Å². The van der Waals surface area contributed by atoms with Gasteiger partial charge >= 0.3 is 6.09 Å². The van der Waals surface area contributed by atoms with E-state index in [9.17, 15) is 14.7 Å². The maximum atomic E-state index is 12.6. The van der Waals surface area contributed by atoms with Crippen LogP contribution in [0.2, 0.25) is 0 Å². The van der Waals surface area contributed by atoms with Crippen molar-refractivity contribution in [2.75, 3.05) is 39.4 Å². The lowest BCUT2D eigenvalue weighted by Crippen LogP contribution is -2.56. The third-order valence-corrected chi connectivity index (χ3v) is 4.30. The van der Waals surface area contributed by atoms with E-state index in [-0.39, 0.29) is 18.6 Å². The first-order valence-corrected chi connectivity index (χ1v) is 8.74. The summed E-state index contributed by atoms with van der Waals surface area (Å²) in [6.45, 7) is 4.76. The molecule has 1 fully saturated rings. The molecule has 0 aliphatic carbocycles. The van der Waals surface area contributed by atoms with Crippen molar-refractivity contribution < 1.29 is 19.4 Å². The summed E-state index contributed by atoms with van der Waals surface area (Å²) in [7, 11) is 0. The number of ether oxygens (including phenoxy) is 1. The van der Waals surface area contributed by atoms with E-state index in [4.69, 9.17) is 4.74 Å². The van der Waals surface area contributed by atoms with Gasteiger partial charge in [0.15, 0.2) is 0 Å². The lowest BCUT2D eigenvalue weighted by atomic mass is 10.1. The van der Waals surface area contributed by atoms with E-state index >= 15 is 0 Å². The molecule has 1 aromatic carbocycles. The smallest absolute Gasteiger partial charge is 0.409 e. The molecular weight excluding hydrogens is 322 g/mol. The number of carbonyl (C=O) groups excluding carboxylic acids is 2. The summed E-state index contributed by atoms with van der Waals surface area (Å²) < 4.78 is 5.01. The molecule has 1 aliphatic rings. The topological polar surface area (TPSA) is 82.1 Å². The Bertz CT molecular complexity index is 545. The summed E-state index contributed by atoms with van der Waals surface area (Å²) in [5.74, 6) is -0.0949. The van der Waals surface area contributed by atoms with E-state index in [1.807, 2.05) is 35.2 Å². The second-order valence-corrected chi connectivity index (χ2v) is 5.95. The Balaban J connectivity index is 1.87. The highest BCUT2D eigenvalue weighted by molar-refractivity contribution is 5.81. The molecule has 0 bridgehead atoms. The zero-order valence-electron chi connectivity index (χ0n) is 14.7. The molecular formula is C18H27N3O4. The van der Waals surface area contributed by atoms with Gasteiger partial charge in [-0.2, -0.15) is 0 Å². The Morgan fingerprint density at radius 1 is 1.20 bits per heavy atom. The molecule has 1 unspecified atom stereocenters. The number of aliphatic hydroxyl groups is 1. The maximum Gasteiger partial charge on any atom is 0.409 e. The molecule has 2 amide bonds. The third kappa shape index (κ3) is 5.72. The van der Waals surface area contributed by atoms with Crippen LogP contribution in [-0.2, 0) is 16.1 Å². The van der Waals surface area contributed by atoms with Crippen molar-refractivity contribution in [1.29, 1.82) is 0 Å². The molecule has 0 saturated carbocycles. The zero-order chi connectivity index (χ0) is 18.1. The van der Waals surface area contributed by atoms with E-state index in [1.165, 1.54) is 0 Å². The summed E-state index contributed by atoms with van der Waals surface area (Å²) >= 11 is 0. The van der Waals surface area contributed by atoms with Crippen LogP contribution in [0, 0.1) is 0 Å². The molecule has 7 nitrogen and oxygen atoms in total.